The Labute approximate surface area is 156 Å². The van der Waals surface area contributed by atoms with Crippen molar-refractivity contribution in [1.82, 2.24) is 9.88 Å². The summed E-state index contributed by atoms with van der Waals surface area (Å²) in [6, 6.07) is 12.0. The third-order valence-electron chi connectivity index (χ3n) is 5.10. The molecule has 1 aromatic heterocycles. The maximum atomic E-state index is 12.3. The number of piperidine rings is 1. The molecule has 1 saturated heterocycles. The van der Waals surface area contributed by atoms with E-state index in [4.69, 9.17) is 0 Å². The molecule has 2 heterocycles. The first kappa shape index (κ1) is 18.2. The van der Waals surface area contributed by atoms with Crippen molar-refractivity contribution in [1.29, 1.82) is 0 Å². The number of carbonyl (C=O) groups excluding carboxylic acids is 1. The molecule has 0 unspecified atom stereocenters. The van der Waals surface area contributed by atoms with Gasteiger partial charge in [-0.1, -0.05) is 6.92 Å². The largest absolute Gasteiger partial charge is 0.372 e. The van der Waals surface area contributed by atoms with Crippen LogP contribution in [0.5, 0.6) is 0 Å². The molecular weight excluding hydrogens is 324 g/mol. The number of hydrogen-bond acceptors (Lipinski definition) is 3. The summed E-state index contributed by atoms with van der Waals surface area (Å²) in [7, 11) is 1.82. The van der Waals surface area contributed by atoms with Gasteiger partial charge in [0.1, 0.15) is 0 Å². The number of pyridine rings is 1. The molecule has 0 spiro atoms. The van der Waals surface area contributed by atoms with Gasteiger partial charge in [-0.15, -0.1) is 0 Å². The van der Waals surface area contributed by atoms with Gasteiger partial charge in [0.15, 0.2) is 0 Å². The smallest absolute Gasteiger partial charge is 0.321 e. The van der Waals surface area contributed by atoms with E-state index in [1.54, 1.807) is 17.3 Å². The molecule has 3 rings (SSSR count). The van der Waals surface area contributed by atoms with Gasteiger partial charge in [0.05, 0.1) is 0 Å². The van der Waals surface area contributed by atoms with Crippen LogP contribution in [0.2, 0.25) is 0 Å². The second-order valence-corrected chi connectivity index (χ2v) is 7.17. The molecule has 0 aliphatic carbocycles. The van der Waals surface area contributed by atoms with Crippen molar-refractivity contribution < 1.29 is 4.79 Å². The molecule has 1 aliphatic rings. The van der Waals surface area contributed by atoms with Crippen LogP contribution in [0.25, 0.3) is 0 Å². The lowest BCUT2D eigenvalue weighted by Crippen LogP contribution is -2.33. The average molecular weight is 352 g/mol. The van der Waals surface area contributed by atoms with Crippen molar-refractivity contribution in [2.24, 2.45) is 5.92 Å². The molecule has 1 aliphatic heterocycles. The fraction of sp³-hybridized carbons (Fsp3) is 0.429. The van der Waals surface area contributed by atoms with Crippen molar-refractivity contribution >= 4 is 17.4 Å². The quantitative estimate of drug-likeness (QED) is 0.884. The summed E-state index contributed by atoms with van der Waals surface area (Å²) in [6.45, 7) is 5.22. The molecular formula is C21H28N4O. The SMILES string of the molecule is CC1CCN(c2ccc(NC(=O)N(C)CCc3ccncc3)cc2)CC1. The molecule has 5 nitrogen and oxygen atoms in total. The zero-order valence-electron chi connectivity index (χ0n) is 15.7. The summed E-state index contributed by atoms with van der Waals surface area (Å²) >= 11 is 0. The molecule has 1 N–H and O–H groups in total. The fourth-order valence-corrected chi connectivity index (χ4v) is 3.19. The van der Waals surface area contributed by atoms with Crippen LogP contribution >= 0.6 is 0 Å². The van der Waals surface area contributed by atoms with E-state index >= 15 is 0 Å². The van der Waals surface area contributed by atoms with Crippen LogP contribution in [-0.4, -0.2) is 42.6 Å². The van der Waals surface area contributed by atoms with Crippen molar-refractivity contribution in [3.63, 3.8) is 0 Å². The molecule has 1 aromatic carbocycles. The third-order valence-corrected chi connectivity index (χ3v) is 5.10. The minimum absolute atomic E-state index is 0.0846. The van der Waals surface area contributed by atoms with E-state index in [0.717, 1.165) is 31.1 Å². The number of aromatic nitrogens is 1. The second-order valence-electron chi connectivity index (χ2n) is 7.17. The molecule has 0 radical (unpaired) electrons. The molecule has 26 heavy (non-hydrogen) atoms. The number of anilines is 2. The molecule has 138 valence electrons. The molecule has 0 bridgehead atoms. The van der Waals surface area contributed by atoms with Gasteiger partial charge in [0.25, 0.3) is 0 Å². The van der Waals surface area contributed by atoms with Crippen molar-refractivity contribution in [3.05, 3.63) is 54.4 Å². The van der Waals surface area contributed by atoms with Crippen LogP contribution in [-0.2, 0) is 6.42 Å². The monoisotopic (exact) mass is 352 g/mol. The van der Waals surface area contributed by atoms with Crippen LogP contribution in [0.15, 0.2) is 48.8 Å². The first-order chi connectivity index (χ1) is 12.6. The number of hydrogen-bond donors (Lipinski definition) is 1. The molecule has 2 amide bonds. The van der Waals surface area contributed by atoms with Gasteiger partial charge in [-0.3, -0.25) is 4.98 Å². The van der Waals surface area contributed by atoms with Crippen LogP contribution in [0.4, 0.5) is 16.2 Å². The Morgan fingerprint density at radius 1 is 1.15 bits per heavy atom. The first-order valence-electron chi connectivity index (χ1n) is 9.38. The normalized spacial score (nSPS) is 14.9. The van der Waals surface area contributed by atoms with Crippen LogP contribution in [0.3, 0.4) is 0 Å². The van der Waals surface area contributed by atoms with Gasteiger partial charge < -0.3 is 15.1 Å². The topological polar surface area (TPSA) is 48.5 Å². The predicted octanol–water partition coefficient (Wildman–Crippen LogP) is 4.02. The van der Waals surface area contributed by atoms with E-state index in [1.165, 1.54) is 24.1 Å². The zero-order chi connectivity index (χ0) is 18.4. The highest BCUT2D eigenvalue weighted by molar-refractivity contribution is 5.89. The van der Waals surface area contributed by atoms with Gasteiger partial charge in [0, 0.05) is 50.5 Å². The second kappa shape index (κ2) is 8.70. The average Bonchev–Trinajstić information content (AvgIpc) is 2.68. The van der Waals surface area contributed by atoms with E-state index in [1.807, 2.05) is 31.3 Å². The highest BCUT2D eigenvalue weighted by Crippen LogP contribution is 2.24. The van der Waals surface area contributed by atoms with E-state index < -0.39 is 0 Å². The fourth-order valence-electron chi connectivity index (χ4n) is 3.19. The van der Waals surface area contributed by atoms with Crippen LogP contribution in [0, 0.1) is 5.92 Å². The number of amides is 2. The number of nitrogens with one attached hydrogen (secondary N) is 1. The summed E-state index contributed by atoms with van der Waals surface area (Å²) in [5.41, 5.74) is 3.25. The van der Waals surface area contributed by atoms with Gasteiger partial charge in [0.2, 0.25) is 0 Å². The maximum absolute atomic E-state index is 12.3. The molecule has 0 atom stereocenters. The van der Waals surface area contributed by atoms with Gasteiger partial charge >= 0.3 is 6.03 Å². The number of carbonyl (C=O) groups is 1. The van der Waals surface area contributed by atoms with E-state index in [0.29, 0.717) is 6.54 Å². The number of urea groups is 1. The van der Waals surface area contributed by atoms with E-state index in [-0.39, 0.29) is 6.03 Å². The van der Waals surface area contributed by atoms with E-state index in [2.05, 4.69) is 34.3 Å². The Morgan fingerprint density at radius 3 is 2.46 bits per heavy atom. The number of likely N-dealkylation sites (N-methyl/N-ethyl adjacent to an activating group) is 1. The Morgan fingerprint density at radius 2 is 1.81 bits per heavy atom. The number of benzene rings is 1. The molecule has 0 saturated carbocycles. The lowest BCUT2D eigenvalue weighted by Gasteiger charge is -2.32. The predicted molar refractivity (Wildman–Crippen MR) is 107 cm³/mol. The first-order valence-corrected chi connectivity index (χ1v) is 9.38. The number of rotatable bonds is 5. The number of nitrogens with zero attached hydrogens (tertiary/aromatic N) is 3. The summed E-state index contributed by atoms with van der Waals surface area (Å²) in [5, 5.41) is 2.97. The standard InChI is InChI=1S/C21H28N4O/c1-17-9-15-25(16-10-17)20-5-3-19(4-6-20)23-21(26)24(2)14-11-18-7-12-22-13-8-18/h3-8,12-13,17H,9-11,14-16H2,1-2H3,(H,23,26). The Kier molecular flexibility index (Phi) is 6.10. The molecule has 1 fully saturated rings. The zero-order valence-corrected chi connectivity index (χ0v) is 15.7. The maximum Gasteiger partial charge on any atom is 0.321 e. The lowest BCUT2D eigenvalue weighted by molar-refractivity contribution is 0.223. The molecule has 2 aromatic rings. The highest BCUT2D eigenvalue weighted by atomic mass is 16.2. The third kappa shape index (κ3) is 4.97. The van der Waals surface area contributed by atoms with Crippen LogP contribution < -0.4 is 10.2 Å². The van der Waals surface area contributed by atoms with Crippen molar-refractivity contribution in [2.45, 2.75) is 26.2 Å². The highest BCUT2D eigenvalue weighted by Gasteiger charge is 2.16. The lowest BCUT2D eigenvalue weighted by atomic mass is 9.99. The van der Waals surface area contributed by atoms with E-state index in [9.17, 15) is 4.79 Å². The van der Waals surface area contributed by atoms with Gasteiger partial charge in [-0.05, 0) is 67.1 Å². The Bertz CT molecular complexity index is 694. The summed E-state index contributed by atoms with van der Waals surface area (Å²) in [5.74, 6) is 0.826. The summed E-state index contributed by atoms with van der Waals surface area (Å²) in [4.78, 5) is 20.5. The van der Waals surface area contributed by atoms with Gasteiger partial charge in [-0.2, -0.15) is 0 Å². The summed E-state index contributed by atoms with van der Waals surface area (Å²) in [6.07, 6.45) is 6.88. The Balaban J connectivity index is 1.49. The summed E-state index contributed by atoms with van der Waals surface area (Å²) < 4.78 is 0. The van der Waals surface area contributed by atoms with Crippen molar-refractivity contribution in [2.75, 3.05) is 36.9 Å². The van der Waals surface area contributed by atoms with Crippen molar-refractivity contribution in [3.8, 4) is 0 Å². The minimum Gasteiger partial charge on any atom is -0.372 e. The molecule has 5 heteroatoms. The Hall–Kier alpha value is -2.56. The van der Waals surface area contributed by atoms with Crippen LogP contribution in [0.1, 0.15) is 25.3 Å². The van der Waals surface area contributed by atoms with Gasteiger partial charge in [-0.25, -0.2) is 4.79 Å². The minimum atomic E-state index is -0.0846.